The van der Waals surface area contributed by atoms with E-state index in [0.717, 1.165) is 26.4 Å². The summed E-state index contributed by atoms with van der Waals surface area (Å²) in [6.07, 6.45) is 0. The van der Waals surface area contributed by atoms with Gasteiger partial charge in [-0.15, -0.1) is 0 Å². The van der Waals surface area contributed by atoms with E-state index in [4.69, 9.17) is 16.0 Å². The Labute approximate surface area is 122 Å². The topological polar surface area (TPSA) is 13.1 Å². The number of furan rings is 1. The summed E-state index contributed by atoms with van der Waals surface area (Å²) in [6, 6.07) is 16.4. The maximum Gasteiger partial charge on any atom is 0.136 e. The molecular formula is C16H8BrClO. The first-order chi connectivity index (χ1) is 9.22. The summed E-state index contributed by atoms with van der Waals surface area (Å²) >= 11 is 9.58. The van der Waals surface area contributed by atoms with Crippen LogP contribution < -0.4 is 0 Å². The van der Waals surface area contributed by atoms with Gasteiger partial charge in [-0.1, -0.05) is 35.9 Å². The smallest absolute Gasteiger partial charge is 0.136 e. The second kappa shape index (κ2) is 3.99. The SMILES string of the molecule is Clc1cc2oc3cc4ccccc4cc3c2cc1Br. The highest BCUT2D eigenvalue weighted by molar-refractivity contribution is 9.10. The maximum atomic E-state index is 6.11. The first-order valence-corrected chi connectivity index (χ1v) is 7.09. The highest BCUT2D eigenvalue weighted by Crippen LogP contribution is 2.36. The average Bonchev–Trinajstić information content (AvgIpc) is 2.74. The van der Waals surface area contributed by atoms with Gasteiger partial charge in [0.25, 0.3) is 0 Å². The minimum Gasteiger partial charge on any atom is -0.456 e. The lowest BCUT2D eigenvalue weighted by atomic mass is 10.1. The van der Waals surface area contributed by atoms with Crippen molar-refractivity contribution >= 4 is 60.2 Å². The molecule has 0 bridgehead atoms. The molecule has 4 rings (SSSR count). The van der Waals surface area contributed by atoms with Gasteiger partial charge in [0.15, 0.2) is 0 Å². The van der Waals surface area contributed by atoms with Gasteiger partial charge in [0.1, 0.15) is 11.2 Å². The molecule has 92 valence electrons. The van der Waals surface area contributed by atoms with E-state index in [1.165, 1.54) is 10.8 Å². The molecule has 0 saturated heterocycles. The highest BCUT2D eigenvalue weighted by Gasteiger charge is 2.10. The number of hydrogen-bond donors (Lipinski definition) is 0. The van der Waals surface area contributed by atoms with Crippen LogP contribution in [0.4, 0.5) is 0 Å². The van der Waals surface area contributed by atoms with E-state index in [9.17, 15) is 0 Å². The van der Waals surface area contributed by atoms with Crippen molar-refractivity contribution in [3.63, 3.8) is 0 Å². The predicted octanol–water partition coefficient (Wildman–Crippen LogP) is 6.16. The molecule has 0 unspecified atom stereocenters. The van der Waals surface area contributed by atoms with Crippen molar-refractivity contribution in [1.82, 2.24) is 0 Å². The Morgan fingerprint density at radius 1 is 0.842 bits per heavy atom. The third-order valence-electron chi connectivity index (χ3n) is 3.38. The quantitative estimate of drug-likeness (QED) is 0.376. The second-order valence-corrected chi connectivity index (χ2v) is 5.82. The molecular weight excluding hydrogens is 324 g/mol. The van der Waals surface area contributed by atoms with Crippen LogP contribution in [-0.4, -0.2) is 0 Å². The molecule has 0 aliphatic heterocycles. The number of rotatable bonds is 0. The molecule has 0 radical (unpaired) electrons. The average molecular weight is 332 g/mol. The lowest BCUT2D eigenvalue weighted by Gasteiger charge is -1.97. The van der Waals surface area contributed by atoms with Crippen molar-refractivity contribution in [2.75, 3.05) is 0 Å². The zero-order chi connectivity index (χ0) is 13.0. The molecule has 19 heavy (non-hydrogen) atoms. The lowest BCUT2D eigenvalue weighted by molar-refractivity contribution is 0.669. The number of fused-ring (bicyclic) bond motifs is 4. The monoisotopic (exact) mass is 330 g/mol. The molecule has 1 aromatic heterocycles. The third-order valence-corrected chi connectivity index (χ3v) is 4.58. The van der Waals surface area contributed by atoms with E-state index in [1.54, 1.807) is 0 Å². The normalized spacial score (nSPS) is 11.7. The summed E-state index contributed by atoms with van der Waals surface area (Å²) in [5.74, 6) is 0. The van der Waals surface area contributed by atoms with Gasteiger partial charge in [0.05, 0.1) is 5.02 Å². The van der Waals surface area contributed by atoms with Gasteiger partial charge in [-0.2, -0.15) is 0 Å². The fourth-order valence-electron chi connectivity index (χ4n) is 2.46. The molecule has 1 heterocycles. The standard InChI is InChI=1S/C16H8BrClO/c17-13-7-12-11-5-9-3-1-2-4-10(9)6-15(11)19-16(12)8-14(13)18/h1-8H. The van der Waals surface area contributed by atoms with Crippen LogP contribution in [0.1, 0.15) is 0 Å². The summed E-state index contributed by atoms with van der Waals surface area (Å²) in [5.41, 5.74) is 1.71. The zero-order valence-electron chi connectivity index (χ0n) is 9.78. The van der Waals surface area contributed by atoms with Crippen molar-refractivity contribution < 1.29 is 4.42 Å². The van der Waals surface area contributed by atoms with Crippen LogP contribution >= 0.6 is 27.5 Å². The van der Waals surface area contributed by atoms with E-state index in [1.807, 2.05) is 24.3 Å². The zero-order valence-corrected chi connectivity index (χ0v) is 12.1. The van der Waals surface area contributed by atoms with Gasteiger partial charge >= 0.3 is 0 Å². The first-order valence-electron chi connectivity index (χ1n) is 5.92. The van der Waals surface area contributed by atoms with Crippen LogP contribution in [0.5, 0.6) is 0 Å². The van der Waals surface area contributed by atoms with Crippen molar-refractivity contribution in [3.8, 4) is 0 Å². The Hall–Kier alpha value is -1.51. The molecule has 3 aromatic carbocycles. The largest absolute Gasteiger partial charge is 0.456 e. The van der Waals surface area contributed by atoms with E-state index in [0.29, 0.717) is 5.02 Å². The summed E-state index contributed by atoms with van der Waals surface area (Å²) in [7, 11) is 0. The van der Waals surface area contributed by atoms with E-state index >= 15 is 0 Å². The van der Waals surface area contributed by atoms with Crippen LogP contribution in [-0.2, 0) is 0 Å². The van der Waals surface area contributed by atoms with Crippen LogP contribution in [0, 0.1) is 0 Å². The fraction of sp³-hybridized carbons (Fsp3) is 0. The van der Waals surface area contributed by atoms with Crippen LogP contribution in [0.15, 0.2) is 57.4 Å². The molecule has 0 spiro atoms. The van der Waals surface area contributed by atoms with Crippen molar-refractivity contribution in [2.24, 2.45) is 0 Å². The van der Waals surface area contributed by atoms with Crippen LogP contribution in [0.3, 0.4) is 0 Å². The van der Waals surface area contributed by atoms with Crippen molar-refractivity contribution in [1.29, 1.82) is 0 Å². The van der Waals surface area contributed by atoms with Crippen LogP contribution in [0.2, 0.25) is 5.02 Å². The highest BCUT2D eigenvalue weighted by atomic mass is 79.9. The number of benzene rings is 3. The van der Waals surface area contributed by atoms with Gasteiger partial charge in [0, 0.05) is 21.3 Å². The molecule has 4 aromatic rings. The molecule has 0 N–H and O–H groups in total. The van der Waals surface area contributed by atoms with Gasteiger partial charge in [-0.3, -0.25) is 0 Å². The third kappa shape index (κ3) is 1.67. The molecule has 0 aliphatic carbocycles. The Kier molecular flexibility index (Phi) is 2.38. The van der Waals surface area contributed by atoms with E-state index < -0.39 is 0 Å². The lowest BCUT2D eigenvalue weighted by Crippen LogP contribution is -1.73. The predicted molar refractivity (Wildman–Crippen MR) is 83.9 cm³/mol. The molecule has 3 heteroatoms. The Balaban J connectivity index is 2.22. The molecule has 0 saturated carbocycles. The van der Waals surface area contributed by atoms with E-state index in [2.05, 4.69) is 40.2 Å². The van der Waals surface area contributed by atoms with Gasteiger partial charge in [0.2, 0.25) is 0 Å². The minimum atomic E-state index is 0.663. The van der Waals surface area contributed by atoms with Gasteiger partial charge in [-0.25, -0.2) is 0 Å². The van der Waals surface area contributed by atoms with Gasteiger partial charge in [-0.05, 0) is 44.9 Å². The van der Waals surface area contributed by atoms with Gasteiger partial charge < -0.3 is 4.42 Å². The summed E-state index contributed by atoms with van der Waals surface area (Å²) < 4.78 is 6.78. The summed E-state index contributed by atoms with van der Waals surface area (Å²) in [6.45, 7) is 0. The van der Waals surface area contributed by atoms with E-state index in [-0.39, 0.29) is 0 Å². The molecule has 1 nitrogen and oxygen atoms in total. The first kappa shape index (κ1) is 11.3. The Morgan fingerprint density at radius 2 is 1.47 bits per heavy atom. The number of hydrogen-bond acceptors (Lipinski definition) is 1. The maximum absolute atomic E-state index is 6.11. The molecule has 0 fully saturated rings. The Morgan fingerprint density at radius 3 is 2.26 bits per heavy atom. The number of halogens is 2. The van der Waals surface area contributed by atoms with Crippen molar-refractivity contribution in [2.45, 2.75) is 0 Å². The second-order valence-electron chi connectivity index (χ2n) is 4.56. The molecule has 0 aliphatic rings. The molecule has 0 atom stereocenters. The van der Waals surface area contributed by atoms with Crippen LogP contribution in [0.25, 0.3) is 32.7 Å². The molecule has 0 amide bonds. The summed E-state index contributed by atoms with van der Waals surface area (Å²) in [5, 5.41) is 5.25. The summed E-state index contributed by atoms with van der Waals surface area (Å²) in [4.78, 5) is 0. The Bertz CT molecular complexity index is 940. The fourth-order valence-corrected chi connectivity index (χ4v) is 2.95. The van der Waals surface area contributed by atoms with Crippen molar-refractivity contribution in [3.05, 3.63) is 58.0 Å². The minimum absolute atomic E-state index is 0.663.